The molecule has 0 aromatic heterocycles. The van der Waals surface area contributed by atoms with Crippen LogP contribution in [0.5, 0.6) is 0 Å². The van der Waals surface area contributed by atoms with E-state index in [1.165, 1.54) is 17.7 Å². The summed E-state index contributed by atoms with van der Waals surface area (Å²) in [6.45, 7) is -0.0267. The molecular formula is C6H11O4S. The first-order valence-corrected chi connectivity index (χ1v) is 4.25. The van der Waals surface area contributed by atoms with Gasteiger partial charge in [-0.3, -0.25) is 0 Å². The van der Waals surface area contributed by atoms with Crippen LogP contribution in [0.3, 0.4) is 0 Å². The second kappa shape index (κ2) is 4.27. The minimum Gasteiger partial charge on any atom is -0.394 e. The van der Waals surface area contributed by atoms with E-state index < -0.39 is 18.8 Å². The monoisotopic (exact) mass is 179 g/mol. The van der Waals surface area contributed by atoms with Gasteiger partial charge in [-0.2, -0.15) is 0 Å². The van der Waals surface area contributed by atoms with Gasteiger partial charge in [-0.15, -0.1) is 11.8 Å². The van der Waals surface area contributed by atoms with E-state index >= 15 is 0 Å². The van der Waals surface area contributed by atoms with Crippen molar-refractivity contribution in [3.8, 4) is 0 Å². The van der Waals surface area contributed by atoms with Crippen molar-refractivity contribution in [2.75, 3.05) is 13.2 Å². The van der Waals surface area contributed by atoms with Crippen molar-refractivity contribution in [1.82, 2.24) is 0 Å². The van der Waals surface area contributed by atoms with E-state index in [0.717, 1.165) is 0 Å². The number of hydrogen-bond acceptors (Lipinski definition) is 5. The Balaban J connectivity index is 2.32. The third-order valence-corrected chi connectivity index (χ3v) is 2.53. The largest absolute Gasteiger partial charge is 0.394 e. The zero-order valence-corrected chi connectivity index (χ0v) is 6.70. The highest BCUT2D eigenvalue weighted by atomic mass is 32.2. The lowest BCUT2D eigenvalue weighted by molar-refractivity contribution is -0.0191. The molecule has 1 aliphatic heterocycles. The van der Waals surface area contributed by atoms with Gasteiger partial charge in [0.25, 0.3) is 0 Å². The molecule has 0 bridgehead atoms. The second-order valence-electron chi connectivity index (χ2n) is 2.34. The highest BCUT2D eigenvalue weighted by Gasteiger charge is 2.29. The molecule has 1 aliphatic rings. The van der Waals surface area contributed by atoms with Crippen molar-refractivity contribution >= 4 is 11.8 Å². The molecule has 0 aliphatic carbocycles. The summed E-state index contributed by atoms with van der Waals surface area (Å²) in [5.74, 6) is 1.53. The van der Waals surface area contributed by atoms with Gasteiger partial charge in [-0.25, -0.2) is 0 Å². The first kappa shape index (κ1) is 9.28. The molecule has 1 heterocycles. The molecule has 3 N–H and O–H groups in total. The lowest BCUT2D eigenvalue weighted by Gasteiger charge is -2.19. The zero-order chi connectivity index (χ0) is 8.27. The van der Waals surface area contributed by atoms with Crippen molar-refractivity contribution in [3.05, 3.63) is 5.94 Å². The van der Waals surface area contributed by atoms with Gasteiger partial charge in [0.2, 0.25) is 0 Å². The first-order chi connectivity index (χ1) is 5.25. The molecule has 0 aromatic carbocycles. The number of aliphatic hydroxyl groups is 3. The van der Waals surface area contributed by atoms with Crippen molar-refractivity contribution in [1.29, 1.82) is 0 Å². The van der Waals surface area contributed by atoms with Gasteiger partial charge in [0.05, 0.1) is 24.6 Å². The molecule has 3 unspecified atom stereocenters. The maximum absolute atomic E-state index is 9.29. The predicted octanol–water partition coefficient (Wildman–Crippen LogP) is -1.05. The van der Waals surface area contributed by atoms with Crippen LogP contribution in [0, 0.1) is 5.94 Å². The summed E-state index contributed by atoms with van der Waals surface area (Å²) in [6.07, 6.45) is -1.98. The molecular weight excluding hydrogens is 168 g/mol. The normalized spacial score (nSPS) is 30.3. The van der Waals surface area contributed by atoms with E-state index in [2.05, 4.69) is 0 Å². The topological polar surface area (TPSA) is 69.9 Å². The van der Waals surface area contributed by atoms with E-state index in [9.17, 15) is 5.11 Å². The molecule has 0 amide bonds. The number of rotatable bonds is 3. The maximum Gasteiger partial charge on any atom is 0.139 e. The van der Waals surface area contributed by atoms with Gasteiger partial charge in [0, 0.05) is 0 Å². The Morgan fingerprint density at radius 3 is 2.82 bits per heavy atom. The Morgan fingerprint density at radius 1 is 1.64 bits per heavy atom. The zero-order valence-electron chi connectivity index (χ0n) is 5.88. The summed E-state index contributed by atoms with van der Waals surface area (Å²) in [5.41, 5.74) is 0. The highest BCUT2D eigenvalue weighted by Crippen LogP contribution is 2.27. The molecule has 1 radical (unpaired) electrons. The predicted molar refractivity (Wildman–Crippen MR) is 40.7 cm³/mol. The van der Waals surface area contributed by atoms with E-state index in [-0.39, 0.29) is 5.25 Å². The molecule has 3 atom stereocenters. The summed E-state index contributed by atoms with van der Waals surface area (Å²) in [6, 6.07) is 0. The van der Waals surface area contributed by atoms with E-state index in [0.29, 0.717) is 6.61 Å². The van der Waals surface area contributed by atoms with Crippen LogP contribution in [0.2, 0.25) is 0 Å². The molecule has 1 saturated heterocycles. The number of thioether (sulfide) groups is 1. The second-order valence-corrected chi connectivity index (χ2v) is 3.41. The van der Waals surface area contributed by atoms with Crippen LogP contribution in [0.4, 0.5) is 0 Å². The standard InChI is InChI=1S/C6H11O4S/c7-1-4(8)6(9)5-2-10-3-11-5/h3-9H,1-2H2. The van der Waals surface area contributed by atoms with E-state index in [1.54, 1.807) is 0 Å². The maximum atomic E-state index is 9.29. The molecule has 5 heteroatoms. The van der Waals surface area contributed by atoms with Crippen LogP contribution in [0.1, 0.15) is 0 Å². The Morgan fingerprint density at radius 2 is 2.36 bits per heavy atom. The lowest BCUT2D eigenvalue weighted by atomic mass is 10.1. The summed E-state index contributed by atoms with van der Waals surface area (Å²) < 4.78 is 4.86. The van der Waals surface area contributed by atoms with Crippen molar-refractivity contribution in [2.45, 2.75) is 17.5 Å². The molecule has 1 rings (SSSR count). The third-order valence-electron chi connectivity index (χ3n) is 1.52. The Hall–Kier alpha value is 0.190. The quantitative estimate of drug-likeness (QED) is 0.516. The van der Waals surface area contributed by atoms with Crippen LogP contribution in [-0.2, 0) is 4.74 Å². The van der Waals surface area contributed by atoms with Crippen LogP contribution in [0.25, 0.3) is 0 Å². The molecule has 0 aromatic rings. The molecule has 1 fully saturated rings. The first-order valence-electron chi connectivity index (χ1n) is 3.31. The van der Waals surface area contributed by atoms with E-state index in [1.807, 2.05) is 0 Å². The van der Waals surface area contributed by atoms with Crippen LogP contribution in [0.15, 0.2) is 0 Å². The summed E-state index contributed by atoms with van der Waals surface area (Å²) >= 11 is 1.33. The summed E-state index contributed by atoms with van der Waals surface area (Å²) in [5, 5.41) is 26.6. The SMILES string of the molecule is OCC(O)C(O)C1CO[CH]S1. The summed E-state index contributed by atoms with van der Waals surface area (Å²) in [7, 11) is 0. The van der Waals surface area contributed by atoms with Gasteiger partial charge in [-0.1, -0.05) is 0 Å². The Kier molecular flexibility index (Phi) is 3.61. The van der Waals surface area contributed by atoms with Gasteiger partial charge in [-0.05, 0) is 0 Å². The molecule has 65 valence electrons. The average molecular weight is 179 g/mol. The number of hydrogen-bond donors (Lipinski definition) is 3. The minimum absolute atomic E-state index is 0.155. The van der Waals surface area contributed by atoms with Gasteiger partial charge in [0.1, 0.15) is 12.0 Å². The van der Waals surface area contributed by atoms with Crippen LogP contribution in [-0.4, -0.2) is 46.0 Å². The third kappa shape index (κ3) is 2.31. The molecule has 4 nitrogen and oxygen atoms in total. The lowest BCUT2D eigenvalue weighted by Crippen LogP contribution is -2.38. The fraction of sp³-hybridized carbons (Fsp3) is 0.833. The minimum atomic E-state index is -1.07. The smallest absolute Gasteiger partial charge is 0.139 e. The highest BCUT2D eigenvalue weighted by molar-refractivity contribution is 8.01. The molecule has 0 spiro atoms. The van der Waals surface area contributed by atoms with Gasteiger partial charge in [0.15, 0.2) is 0 Å². The van der Waals surface area contributed by atoms with Gasteiger partial charge < -0.3 is 20.1 Å². The Bertz CT molecular complexity index is 115. The fourth-order valence-electron chi connectivity index (χ4n) is 0.819. The van der Waals surface area contributed by atoms with Crippen molar-refractivity contribution < 1.29 is 20.1 Å². The van der Waals surface area contributed by atoms with Crippen molar-refractivity contribution in [2.24, 2.45) is 0 Å². The van der Waals surface area contributed by atoms with Crippen molar-refractivity contribution in [3.63, 3.8) is 0 Å². The molecule has 11 heavy (non-hydrogen) atoms. The average Bonchev–Trinajstić information content (AvgIpc) is 2.53. The Labute approximate surface area is 69.2 Å². The summed E-state index contributed by atoms with van der Waals surface area (Å²) in [4.78, 5) is 0. The van der Waals surface area contributed by atoms with Crippen LogP contribution >= 0.6 is 11.8 Å². The molecule has 0 saturated carbocycles. The van der Waals surface area contributed by atoms with Crippen LogP contribution < -0.4 is 0 Å². The van der Waals surface area contributed by atoms with E-state index in [4.69, 9.17) is 14.9 Å². The fourth-order valence-corrected chi connectivity index (χ4v) is 1.62. The van der Waals surface area contributed by atoms with Gasteiger partial charge >= 0.3 is 0 Å². The number of ether oxygens (including phenoxy) is 1. The number of aliphatic hydroxyl groups excluding tert-OH is 3.